The van der Waals surface area contributed by atoms with Crippen molar-refractivity contribution in [3.63, 3.8) is 0 Å². The molecule has 1 amide bonds. The second-order valence-electron chi connectivity index (χ2n) is 21.4. The van der Waals surface area contributed by atoms with Crippen LogP contribution in [0.15, 0.2) is 72.9 Å². The number of carbonyl (C=O) groups excluding carboxylic acids is 1. The molecule has 17 unspecified atom stereocenters. The summed E-state index contributed by atoms with van der Waals surface area (Å²) in [6.45, 7) is 1.52. The fraction of sp³-hybridized carbons (Fsp3) is 0.787. The number of aliphatic hydroxyl groups is 11. The number of ether oxygens (including phenoxy) is 6. The van der Waals surface area contributed by atoms with Crippen LogP contribution in [0.3, 0.4) is 0 Å². The largest absolute Gasteiger partial charge is 0.394 e. The minimum absolute atomic E-state index is 0.00812. The standard InChI is InChI=1S/C61H105NO18/c1-3-5-7-9-11-13-15-17-19-20-21-22-23-25-26-28-30-32-34-36-38-45(66)44(62-49(67)39-37-35-33-31-29-27-24-18-16-14-12-10-8-6-4-2)43-75-59-55(73)52(70)57(47(41-64)77-59)80-61-56(74)53(71)58(48(42-65)78-61)79-60-54(72)51(69)50(68)46(40-63)76-60/h6,8,12,14,18,24,29,31,35-38,44-48,50-61,63-66,68-74H,3-5,7,9-11,13,15-17,19-23,25-28,30,32-34,39-43H2,1-2H3,(H,62,67)/b8-6-,14-12-,24-18-,31-29-,37-35-,38-36+. The molecule has 0 aromatic carbocycles. The molecule has 3 aliphatic rings. The van der Waals surface area contributed by atoms with E-state index >= 15 is 0 Å². The van der Waals surface area contributed by atoms with Crippen LogP contribution in [0.2, 0.25) is 0 Å². The second-order valence-corrected chi connectivity index (χ2v) is 21.4. The lowest BCUT2D eigenvalue weighted by atomic mass is 9.96. The minimum atomic E-state index is -1.99. The summed E-state index contributed by atoms with van der Waals surface area (Å²) in [5, 5.41) is 120. The lowest BCUT2D eigenvalue weighted by Gasteiger charge is -2.48. The quantitative estimate of drug-likeness (QED) is 0.0268. The number of rotatable bonds is 43. The smallest absolute Gasteiger partial charge is 0.224 e. The minimum Gasteiger partial charge on any atom is -0.394 e. The van der Waals surface area contributed by atoms with Crippen molar-refractivity contribution in [1.29, 1.82) is 0 Å². The molecular weight excluding hydrogens is 1030 g/mol. The third-order valence-corrected chi connectivity index (χ3v) is 14.8. The maximum Gasteiger partial charge on any atom is 0.224 e. The monoisotopic (exact) mass is 1140 g/mol. The first-order valence-electron chi connectivity index (χ1n) is 30.2. The number of allylic oxidation sites excluding steroid dienone is 10. The van der Waals surface area contributed by atoms with Crippen LogP contribution in [0, 0.1) is 0 Å². The Bertz CT molecular complexity index is 1740. The van der Waals surface area contributed by atoms with Crippen molar-refractivity contribution in [2.75, 3.05) is 26.4 Å². The normalized spacial score (nSPS) is 30.5. The Morgan fingerprint density at radius 3 is 1.30 bits per heavy atom. The van der Waals surface area contributed by atoms with Crippen LogP contribution in [-0.4, -0.2) is 193 Å². The third-order valence-electron chi connectivity index (χ3n) is 14.8. The Kier molecular flexibility index (Phi) is 39.2. The fourth-order valence-corrected chi connectivity index (χ4v) is 9.85. The number of unbranched alkanes of at least 4 members (excludes halogenated alkanes) is 18. The summed E-state index contributed by atoms with van der Waals surface area (Å²) in [5.74, 6) is -0.405. The molecule has 17 atom stereocenters. The van der Waals surface area contributed by atoms with Crippen molar-refractivity contribution in [3.05, 3.63) is 72.9 Å². The Hall–Kier alpha value is -2.77. The molecule has 0 aromatic rings. The van der Waals surface area contributed by atoms with Gasteiger partial charge >= 0.3 is 0 Å². The summed E-state index contributed by atoms with van der Waals surface area (Å²) in [7, 11) is 0. The molecule has 0 radical (unpaired) electrons. The van der Waals surface area contributed by atoms with Gasteiger partial charge in [0.15, 0.2) is 18.9 Å². The molecule has 0 spiro atoms. The van der Waals surface area contributed by atoms with Crippen LogP contribution in [0.4, 0.5) is 0 Å². The topological polar surface area (TPSA) is 307 Å². The van der Waals surface area contributed by atoms with Crippen LogP contribution in [0.25, 0.3) is 0 Å². The van der Waals surface area contributed by atoms with E-state index in [1.165, 1.54) is 96.3 Å². The summed E-state index contributed by atoms with van der Waals surface area (Å²) in [5.41, 5.74) is 0. The molecule has 0 aromatic heterocycles. The van der Waals surface area contributed by atoms with Gasteiger partial charge in [-0.25, -0.2) is 0 Å². The van der Waals surface area contributed by atoms with E-state index in [9.17, 15) is 61.0 Å². The van der Waals surface area contributed by atoms with Crippen molar-refractivity contribution in [2.45, 2.75) is 279 Å². The van der Waals surface area contributed by atoms with Gasteiger partial charge in [0.25, 0.3) is 0 Å². The van der Waals surface area contributed by atoms with Crippen LogP contribution in [0.1, 0.15) is 174 Å². The van der Waals surface area contributed by atoms with Crippen molar-refractivity contribution >= 4 is 5.91 Å². The molecule has 462 valence electrons. The zero-order chi connectivity index (χ0) is 58.3. The molecule has 19 nitrogen and oxygen atoms in total. The molecule has 0 bridgehead atoms. The molecule has 3 aliphatic heterocycles. The Morgan fingerprint density at radius 2 is 0.850 bits per heavy atom. The zero-order valence-corrected chi connectivity index (χ0v) is 48.0. The van der Waals surface area contributed by atoms with Crippen molar-refractivity contribution in [1.82, 2.24) is 5.32 Å². The van der Waals surface area contributed by atoms with Gasteiger partial charge in [-0.2, -0.15) is 0 Å². The van der Waals surface area contributed by atoms with Gasteiger partial charge in [-0.3, -0.25) is 4.79 Å². The maximum absolute atomic E-state index is 13.2. The zero-order valence-electron chi connectivity index (χ0n) is 48.0. The van der Waals surface area contributed by atoms with Crippen molar-refractivity contribution in [2.24, 2.45) is 0 Å². The first-order valence-corrected chi connectivity index (χ1v) is 30.2. The molecule has 12 N–H and O–H groups in total. The van der Waals surface area contributed by atoms with Gasteiger partial charge in [0.05, 0.1) is 38.6 Å². The summed E-state index contributed by atoms with van der Waals surface area (Å²) < 4.78 is 34.2. The predicted molar refractivity (Wildman–Crippen MR) is 305 cm³/mol. The summed E-state index contributed by atoms with van der Waals surface area (Å²) in [6, 6.07) is -1.03. The van der Waals surface area contributed by atoms with Gasteiger partial charge in [0, 0.05) is 6.42 Å². The van der Waals surface area contributed by atoms with Crippen LogP contribution >= 0.6 is 0 Å². The summed E-state index contributed by atoms with van der Waals surface area (Å²) in [6.07, 6.45) is 24.9. The van der Waals surface area contributed by atoms with Gasteiger partial charge < -0.3 is 89.9 Å². The van der Waals surface area contributed by atoms with E-state index in [1.54, 1.807) is 12.2 Å². The summed E-state index contributed by atoms with van der Waals surface area (Å²) in [4.78, 5) is 13.2. The van der Waals surface area contributed by atoms with Gasteiger partial charge in [0.2, 0.25) is 5.91 Å². The van der Waals surface area contributed by atoms with E-state index in [1.807, 2.05) is 24.3 Å². The van der Waals surface area contributed by atoms with E-state index in [0.29, 0.717) is 6.42 Å². The maximum atomic E-state index is 13.2. The Morgan fingerprint density at radius 1 is 0.463 bits per heavy atom. The molecular formula is C61H105NO18. The van der Waals surface area contributed by atoms with Gasteiger partial charge in [-0.1, -0.05) is 196 Å². The SMILES string of the molecule is CC/C=C\C/C=C\C/C=C\C/C=C\C/C=C\CC(=O)NC(COC1OC(CO)C(OC2OC(CO)C(OC3OC(CO)C(O)C(O)C3O)C(O)C2O)C(O)C1O)C(O)/C=C/CCCCCCCCCCCCCCCCCCCC. The number of amides is 1. The van der Waals surface area contributed by atoms with Crippen LogP contribution < -0.4 is 5.32 Å². The highest BCUT2D eigenvalue weighted by molar-refractivity contribution is 5.77. The summed E-state index contributed by atoms with van der Waals surface area (Å²) >= 11 is 0. The lowest BCUT2D eigenvalue weighted by molar-refractivity contribution is -0.379. The number of carbonyl (C=O) groups is 1. The average Bonchev–Trinajstić information content (AvgIpc) is 3.50. The van der Waals surface area contributed by atoms with E-state index < -0.39 is 137 Å². The molecule has 80 heavy (non-hydrogen) atoms. The van der Waals surface area contributed by atoms with E-state index in [4.69, 9.17) is 28.4 Å². The first kappa shape index (κ1) is 71.5. The Labute approximate surface area is 477 Å². The van der Waals surface area contributed by atoms with E-state index in [-0.39, 0.29) is 6.42 Å². The second kappa shape index (κ2) is 43.8. The van der Waals surface area contributed by atoms with E-state index in [2.05, 4.69) is 55.6 Å². The molecule has 3 fully saturated rings. The number of hydrogen-bond donors (Lipinski definition) is 12. The van der Waals surface area contributed by atoms with Gasteiger partial charge in [-0.05, 0) is 44.9 Å². The number of hydrogen-bond acceptors (Lipinski definition) is 18. The average molecular weight is 1140 g/mol. The molecule has 3 rings (SSSR count). The fourth-order valence-electron chi connectivity index (χ4n) is 9.85. The molecule has 0 saturated carbocycles. The highest BCUT2D eigenvalue weighted by atomic mass is 16.8. The first-order chi connectivity index (χ1) is 38.8. The highest BCUT2D eigenvalue weighted by Crippen LogP contribution is 2.33. The van der Waals surface area contributed by atoms with Gasteiger partial charge in [0.1, 0.15) is 73.2 Å². The van der Waals surface area contributed by atoms with Crippen LogP contribution in [0.5, 0.6) is 0 Å². The van der Waals surface area contributed by atoms with Crippen molar-refractivity contribution < 1.29 is 89.4 Å². The molecule has 19 heteroatoms. The predicted octanol–water partition coefficient (Wildman–Crippen LogP) is 5.43. The highest BCUT2D eigenvalue weighted by Gasteiger charge is 2.53. The molecule has 3 saturated heterocycles. The Balaban J connectivity index is 1.53. The lowest BCUT2D eigenvalue weighted by Crippen LogP contribution is -2.66. The molecule has 3 heterocycles. The third kappa shape index (κ3) is 27.3. The van der Waals surface area contributed by atoms with E-state index in [0.717, 1.165) is 51.4 Å². The van der Waals surface area contributed by atoms with Crippen molar-refractivity contribution in [3.8, 4) is 0 Å². The number of nitrogens with one attached hydrogen (secondary N) is 1. The van der Waals surface area contributed by atoms with Crippen LogP contribution in [-0.2, 0) is 33.2 Å². The number of aliphatic hydroxyl groups excluding tert-OH is 11. The van der Waals surface area contributed by atoms with Gasteiger partial charge in [-0.15, -0.1) is 0 Å². The molecule has 0 aliphatic carbocycles.